The molecule has 0 amide bonds. The lowest BCUT2D eigenvalue weighted by molar-refractivity contribution is 0.401. The Bertz CT molecular complexity index is 493. The molecule has 1 atom stereocenters. The average molecular weight is 261 g/mol. The van der Waals surface area contributed by atoms with Crippen LogP contribution in [0, 0.1) is 6.92 Å². The van der Waals surface area contributed by atoms with Crippen molar-refractivity contribution in [2.75, 3.05) is 7.11 Å². The predicted molar refractivity (Wildman–Crippen MR) is 77.3 cm³/mol. The standard InChI is InChI=1S/C15H19NOS/c1-11-6-7-14(15(9-11)17-3)12(2)16-10-13-5-4-8-18-13/h4-9,12,16H,10H2,1-3H3. The van der Waals surface area contributed by atoms with E-state index in [4.69, 9.17) is 4.74 Å². The molecule has 0 saturated carbocycles. The van der Waals surface area contributed by atoms with Crippen LogP contribution in [-0.4, -0.2) is 7.11 Å². The molecule has 96 valence electrons. The molecule has 0 fully saturated rings. The quantitative estimate of drug-likeness (QED) is 0.881. The van der Waals surface area contributed by atoms with Gasteiger partial charge in [0, 0.05) is 23.0 Å². The van der Waals surface area contributed by atoms with Crippen LogP contribution in [0.15, 0.2) is 35.7 Å². The third-order valence-corrected chi connectivity index (χ3v) is 3.89. The predicted octanol–water partition coefficient (Wildman–Crippen LogP) is 3.92. The number of thiophene rings is 1. The van der Waals surface area contributed by atoms with Crippen LogP contribution < -0.4 is 10.1 Å². The zero-order chi connectivity index (χ0) is 13.0. The zero-order valence-electron chi connectivity index (χ0n) is 11.1. The molecule has 2 nitrogen and oxygen atoms in total. The van der Waals surface area contributed by atoms with Gasteiger partial charge in [0.15, 0.2) is 0 Å². The van der Waals surface area contributed by atoms with E-state index in [9.17, 15) is 0 Å². The molecule has 18 heavy (non-hydrogen) atoms. The number of rotatable bonds is 5. The Labute approximate surface area is 113 Å². The van der Waals surface area contributed by atoms with Gasteiger partial charge in [0.25, 0.3) is 0 Å². The van der Waals surface area contributed by atoms with E-state index in [0.717, 1.165) is 12.3 Å². The summed E-state index contributed by atoms with van der Waals surface area (Å²) in [4.78, 5) is 1.35. The number of ether oxygens (including phenoxy) is 1. The molecule has 0 aliphatic carbocycles. The van der Waals surface area contributed by atoms with Crippen LogP contribution in [0.2, 0.25) is 0 Å². The molecule has 0 bridgehead atoms. The van der Waals surface area contributed by atoms with Crippen molar-refractivity contribution in [2.24, 2.45) is 0 Å². The fourth-order valence-electron chi connectivity index (χ4n) is 1.95. The lowest BCUT2D eigenvalue weighted by Crippen LogP contribution is -2.18. The lowest BCUT2D eigenvalue weighted by atomic mass is 10.0. The second-order valence-corrected chi connectivity index (χ2v) is 5.46. The molecule has 1 unspecified atom stereocenters. The molecule has 0 aliphatic heterocycles. The highest BCUT2D eigenvalue weighted by Crippen LogP contribution is 2.26. The molecular weight excluding hydrogens is 242 g/mol. The van der Waals surface area contributed by atoms with Crippen molar-refractivity contribution in [3.8, 4) is 5.75 Å². The number of aryl methyl sites for hydroxylation is 1. The third-order valence-electron chi connectivity index (χ3n) is 3.02. The Kier molecular flexibility index (Phi) is 4.39. The second-order valence-electron chi connectivity index (χ2n) is 4.43. The Morgan fingerprint density at radius 3 is 2.83 bits per heavy atom. The molecule has 0 spiro atoms. The summed E-state index contributed by atoms with van der Waals surface area (Å²) in [6.45, 7) is 5.15. The fourth-order valence-corrected chi connectivity index (χ4v) is 2.61. The first-order valence-electron chi connectivity index (χ1n) is 6.11. The van der Waals surface area contributed by atoms with Crippen LogP contribution in [0.3, 0.4) is 0 Å². The van der Waals surface area contributed by atoms with Crippen LogP contribution in [0.4, 0.5) is 0 Å². The van der Waals surface area contributed by atoms with Gasteiger partial charge in [-0.1, -0.05) is 18.2 Å². The molecule has 2 aromatic rings. The van der Waals surface area contributed by atoms with Crippen LogP contribution in [0.25, 0.3) is 0 Å². The summed E-state index contributed by atoms with van der Waals surface area (Å²) in [5.74, 6) is 0.959. The van der Waals surface area contributed by atoms with Crippen molar-refractivity contribution in [3.63, 3.8) is 0 Å². The first kappa shape index (κ1) is 13.1. The fraction of sp³-hybridized carbons (Fsp3) is 0.333. The van der Waals surface area contributed by atoms with Crippen molar-refractivity contribution in [2.45, 2.75) is 26.4 Å². The van der Waals surface area contributed by atoms with E-state index in [-0.39, 0.29) is 6.04 Å². The zero-order valence-corrected chi connectivity index (χ0v) is 11.9. The first-order valence-corrected chi connectivity index (χ1v) is 6.99. The Morgan fingerprint density at radius 1 is 1.33 bits per heavy atom. The van der Waals surface area contributed by atoms with Gasteiger partial charge in [0.1, 0.15) is 5.75 Å². The maximum Gasteiger partial charge on any atom is 0.123 e. The summed E-state index contributed by atoms with van der Waals surface area (Å²) in [6, 6.07) is 10.9. The molecule has 1 aromatic heterocycles. The molecule has 1 N–H and O–H groups in total. The van der Waals surface area contributed by atoms with Gasteiger partial charge >= 0.3 is 0 Å². The molecule has 3 heteroatoms. The van der Waals surface area contributed by atoms with Gasteiger partial charge in [-0.05, 0) is 36.9 Å². The average Bonchev–Trinajstić information content (AvgIpc) is 2.88. The maximum absolute atomic E-state index is 5.45. The molecule has 1 aromatic carbocycles. The van der Waals surface area contributed by atoms with E-state index in [2.05, 4.69) is 54.9 Å². The monoisotopic (exact) mass is 261 g/mol. The summed E-state index contributed by atoms with van der Waals surface area (Å²) in [5.41, 5.74) is 2.43. The minimum Gasteiger partial charge on any atom is -0.496 e. The summed E-state index contributed by atoms with van der Waals surface area (Å²) < 4.78 is 5.45. The molecule has 0 saturated heterocycles. The summed E-state index contributed by atoms with van der Waals surface area (Å²) in [5, 5.41) is 5.63. The van der Waals surface area contributed by atoms with E-state index in [1.54, 1.807) is 18.4 Å². The van der Waals surface area contributed by atoms with Crippen molar-refractivity contribution in [1.29, 1.82) is 0 Å². The van der Waals surface area contributed by atoms with Gasteiger partial charge in [-0.25, -0.2) is 0 Å². The number of hydrogen-bond donors (Lipinski definition) is 1. The van der Waals surface area contributed by atoms with Crippen LogP contribution in [0.1, 0.15) is 29.0 Å². The van der Waals surface area contributed by atoms with Crippen molar-refractivity contribution < 1.29 is 4.74 Å². The Balaban J connectivity index is 2.06. The van der Waals surface area contributed by atoms with Gasteiger partial charge in [-0.3, -0.25) is 0 Å². The van der Waals surface area contributed by atoms with Crippen LogP contribution >= 0.6 is 11.3 Å². The smallest absolute Gasteiger partial charge is 0.123 e. The normalized spacial score (nSPS) is 12.4. The van der Waals surface area contributed by atoms with Crippen molar-refractivity contribution in [3.05, 3.63) is 51.7 Å². The largest absolute Gasteiger partial charge is 0.496 e. The van der Waals surface area contributed by atoms with Gasteiger partial charge in [-0.2, -0.15) is 0 Å². The summed E-state index contributed by atoms with van der Waals surface area (Å²) in [6.07, 6.45) is 0. The minimum absolute atomic E-state index is 0.280. The van der Waals surface area contributed by atoms with E-state index >= 15 is 0 Å². The number of nitrogens with one attached hydrogen (secondary N) is 1. The molecule has 0 radical (unpaired) electrons. The lowest BCUT2D eigenvalue weighted by Gasteiger charge is -2.17. The topological polar surface area (TPSA) is 21.3 Å². The number of methoxy groups -OCH3 is 1. The van der Waals surface area contributed by atoms with Crippen molar-refractivity contribution >= 4 is 11.3 Å². The SMILES string of the molecule is COc1cc(C)ccc1C(C)NCc1cccs1. The van der Waals surface area contributed by atoms with E-state index in [0.29, 0.717) is 0 Å². The van der Waals surface area contributed by atoms with Crippen molar-refractivity contribution in [1.82, 2.24) is 5.32 Å². The third kappa shape index (κ3) is 3.12. The van der Waals surface area contributed by atoms with Gasteiger partial charge < -0.3 is 10.1 Å². The highest BCUT2D eigenvalue weighted by Gasteiger charge is 2.11. The van der Waals surface area contributed by atoms with E-state index < -0.39 is 0 Å². The van der Waals surface area contributed by atoms with Crippen LogP contribution in [0.5, 0.6) is 5.75 Å². The highest BCUT2D eigenvalue weighted by molar-refractivity contribution is 7.09. The number of hydrogen-bond acceptors (Lipinski definition) is 3. The van der Waals surface area contributed by atoms with Gasteiger partial charge in [0.2, 0.25) is 0 Å². The molecular formula is C15H19NOS. The minimum atomic E-state index is 0.280. The molecule has 1 heterocycles. The summed E-state index contributed by atoms with van der Waals surface area (Å²) in [7, 11) is 1.73. The Hall–Kier alpha value is -1.32. The van der Waals surface area contributed by atoms with Gasteiger partial charge in [0.05, 0.1) is 7.11 Å². The first-order chi connectivity index (χ1) is 8.70. The van der Waals surface area contributed by atoms with E-state index in [1.165, 1.54) is 16.0 Å². The highest BCUT2D eigenvalue weighted by atomic mass is 32.1. The summed E-state index contributed by atoms with van der Waals surface area (Å²) >= 11 is 1.78. The Morgan fingerprint density at radius 2 is 2.17 bits per heavy atom. The molecule has 2 rings (SSSR count). The van der Waals surface area contributed by atoms with E-state index in [1.807, 2.05) is 0 Å². The van der Waals surface area contributed by atoms with Crippen LogP contribution in [-0.2, 0) is 6.54 Å². The maximum atomic E-state index is 5.45. The van der Waals surface area contributed by atoms with Gasteiger partial charge in [-0.15, -0.1) is 11.3 Å². The number of benzene rings is 1. The molecule has 0 aliphatic rings. The second kappa shape index (κ2) is 6.03.